The molecule has 124 valence electrons. The van der Waals surface area contributed by atoms with Crippen LogP contribution in [0.1, 0.15) is 24.2 Å². The Morgan fingerprint density at radius 2 is 1.92 bits per heavy atom. The van der Waals surface area contributed by atoms with Gasteiger partial charge >= 0.3 is 0 Å². The highest BCUT2D eigenvalue weighted by molar-refractivity contribution is 5.15. The first kappa shape index (κ1) is 15.1. The van der Waals surface area contributed by atoms with Gasteiger partial charge in [-0.25, -0.2) is 4.98 Å². The zero-order chi connectivity index (χ0) is 16.2. The van der Waals surface area contributed by atoms with Crippen molar-refractivity contribution >= 4 is 0 Å². The first-order valence-corrected chi connectivity index (χ1v) is 8.64. The Bertz CT molecular complexity index is 747. The fourth-order valence-corrected chi connectivity index (χ4v) is 3.53. The highest BCUT2D eigenvalue weighted by Crippen LogP contribution is 2.21. The van der Waals surface area contributed by atoms with Crippen molar-refractivity contribution in [1.29, 1.82) is 0 Å². The Kier molecular flexibility index (Phi) is 4.42. The van der Waals surface area contributed by atoms with Crippen LogP contribution in [0.2, 0.25) is 0 Å². The summed E-state index contributed by atoms with van der Waals surface area (Å²) < 4.78 is 4.30. The molecule has 4 rings (SSSR count). The molecule has 2 aromatic heterocycles. The van der Waals surface area contributed by atoms with Crippen molar-refractivity contribution < 1.29 is 0 Å². The van der Waals surface area contributed by atoms with Crippen LogP contribution in [0.3, 0.4) is 0 Å². The molecule has 0 spiro atoms. The maximum atomic E-state index is 4.61. The molecule has 1 aromatic carbocycles. The van der Waals surface area contributed by atoms with E-state index in [2.05, 4.69) is 56.1 Å². The first-order chi connectivity index (χ1) is 11.9. The second-order valence-corrected chi connectivity index (χ2v) is 6.45. The van der Waals surface area contributed by atoms with Gasteiger partial charge in [0, 0.05) is 37.4 Å². The standard InChI is InChI=1S/C19H23N5/c1-2-6-17(7-3-1)14-23-13-10-20-19(23)16-22-11-4-8-18(22)15-24-12-5-9-21-24/h1-3,5-7,9-10,12-13,18H,4,8,11,14-16H2/t18-/m1/s1. The number of aromatic nitrogens is 4. The van der Waals surface area contributed by atoms with Crippen LogP contribution in [0.5, 0.6) is 0 Å². The molecule has 0 bridgehead atoms. The first-order valence-electron chi connectivity index (χ1n) is 8.64. The zero-order valence-electron chi connectivity index (χ0n) is 13.8. The van der Waals surface area contributed by atoms with E-state index in [-0.39, 0.29) is 0 Å². The summed E-state index contributed by atoms with van der Waals surface area (Å²) in [4.78, 5) is 7.15. The molecule has 1 aliphatic rings. The Morgan fingerprint density at radius 3 is 2.75 bits per heavy atom. The van der Waals surface area contributed by atoms with Gasteiger partial charge in [0.2, 0.25) is 0 Å². The molecule has 1 saturated heterocycles. The SMILES string of the molecule is c1ccc(Cn2ccnc2CN2CCC[C@@H]2Cn2cccn2)cc1. The van der Waals surface area contributed by atoms with Crippen LogP contribution in [0.4, 0.5) is 0 Å². The highest BCUT2D eigenvalue weighted by Gasteiger charge is 2.26. The molecule has 0 aliphatic carbocycles. The maximum Gasteiger partial charge on any atom is 0.123 e. The summed E-state index contributed by atoms with van der Waals surface area (Å²) >= 11 is 0. The van der Waals surface area contributed by atoms with E-state index in [1.165, 1.54) is 18.4 Å². The van der Waals surface area contributed by atoms with Gasteiger partial charge in [-0.15, -0.1) is 0 Å². The van der Waals surface area contributed by atoms with Crippen molar-refractivity contribution in [1.82, 2.24) is 24.2 Å². The maximum absolute atomic E-state index is 4.61. The van der Waals surface area contributed by atoms with Crippen LogP contribution in [0, 0.1) is 0 Å². The summed E-state index contributed by atoms with van der Waals surface area (Å²) in [5.74, 6) is 1.14. The summed E-state index contributed by atoms with van der Waals surface area (Å²) in [7, 11) is 0. The predicted molar refractivity (Wildman–Crippen MR) is 93.4 cm³/mol. The molecule has 1 aliphatic heterocycles. The van der Waals surface area contributed by atoms with Crippen molar-refractivity contribution in [2.45, 2.75) is 38.5 Å². The topological polar surface area (TPSA) is 38.9 Å². The Morgan fingerprint density at radius 1 is 1.00 bits per heavy atom. The van der Waals surface area contributed by atoms with E-state index in [1.807, 2.05) is 29.3 Å². The Hall–Kier alpha value is -2.40. The molecule has 5 nitrogen and oxygen atoms in total. The molecule has 1 atom stereocenters. The van der Waals surface area contributed by atoms with E-state index >= 15 is 0 Å². The normalized spacial score (nSPS) is 18.2. The van der Waals surface area contributed by atoms with Crippen molar-refractivity contribution in [3.63, 3.8) is 0 Å². The fourth-order valence-electron chi connectivity index (χ4n) is 3.53. The minimum atomic E-state index is 0.548. The van der Waals surface area contributed by atoms with Gasteiger partial charge in [0.15, 0.2) is 0 Å². The van der Waals surface area contributed by atoms with Gasteiger partial charge in [-0.2, -0.15) is 5.10 Å². The quantitative estimate of drug-likeness (QED) is 0.701. The number of nitrogens with zero attached hydrogens (tertiary/aromatic N) is 5. The second kappa shape index (κ2) is 7.01. The van der Waals surface area contributed by atoms with Crippen LogP contribution in [0.15, 0.2) is 61.2 Å². The third kappa shape index (κ3) is 3.41. The molecule has 5 heteroatoms. The molecule has 0 radical (unpaired) electrons. The third-order valence-corrected chi connectivity index (χ3v) is 4.80. The predicted octanol–water partition coefficient (Wildman–Crippen LogP) is 2.79. The van der Waals surface area contributed by atoms with Gasteiger partial charge < -0.3 is 4.57 Å². The number of rotatable bonds is 6. The summed E-state index contributed by atoms with van der Waals surface area (Å²) in [5.41, 5.74) is 1.31. The van der Waals surface area contributed by atoms with Crippen molar-refractivity contribution in [3.8, 4) is 0 Å². The van der Waals surface area contributed by atoms with Crippen molar-refractivity contribution in [2.75, 3.05) is 6.54 Å². The lowest BCUT2D eigenvalue weighted by atomic mass is 10.2. The Labute approximate surface area is 142 Å². The largest absolute Gasteiger partial charge is 0.329 e. The average Bonchev–Trinajstić information content (AvgIpc) is 3.34. The van der Waals surface area contributed by atoms with Crippen LogP contribution in [-0.4, -0.2) is 36.8 Å². The number of benzene rings is 1. The molecular formula is C19H23N5. The molecule has 24 heavy (non-hydrogen) atoms. The van der Waals surface area contributed by atoms with Gasteiger partial charge in [0.05, 0.1) is 13.1 Å². The molecule has 0 unspecified atom stereocenters. The monoisotopic (exact) mass is 321 g/mol. The molecule has 3 heterocycles. The molecular weight excluding hydrogens is 298 g/mol. The molecule has 0 saturated carbocycles. The van der Waals surface area contributed by atoms with E-state index < -0.39 is 0 Å². The number of hydrogen-bond donors (Lipinski definition) is 0. The van der Waals surface area contributed by atoms with Crippen LogP contribution in [0.25, 0.3) is 0 Å². The van der Waals surface area contributed by atoms with Gasteiger partial charge in [0.25, 0.3) is 0 Å². The van der Waals surface area contributed by atoms with Crippen molar-refractivity contribution in [3.05, 3.63) is 72.6 Å². The molecule has 1 fully saturated rings. The van der Waals surface area contributed by atoms with E-state index in [0.29, 0.717) is 6.04 Å². The third-order valence-electron chi connectivity index (χ3n) is 4.80. The number of imidazole rings is 1. The minimum Gasteiger partial charge on any atom is -0.329 e. The zero-order valence-corrected chi connectivity index (χ0v) is 13.8. The van der Waals surface area contributed by atoms with E-state index in [4.69, 9.17) is 0 Å². The van der Waals surface area contributed by atoms with E-state index in [0.717, 1.165) is 32.0 Å². The molecule has 0 N–H and O–H groups in total. The highest BCUT2D eigenvalue weighted by atomic mass is 15.3. The Balaban J connectivity index is 1.44. The minimum absolute atomic E-state index is 0.548. The summed E-state index contributed by atoms with van der Waals surface area (Å²) in [6.07, 6.45) is 10.4. The van der Waals surface area contributed by atoms with Gasteiger partial charge in [0.1, 0.15) is 5.82 Å². The van der Waals surface area contributed by atoms with Gasteiger partial charge in [-0.3, -0.25) is 9.58 Å². The van der Waals surface area contributed by atoms with Crippen LogP contribution >= 0.6 is 0 Å². The molecule has 0 amide bonds. The fraction of sp³-hybridized carbons (Fsp3) is 0.368. The second-order valence-electron chi connectivity index (χ2n) is 6.45. The summed E-state index contributed by atoms with van der Waals surface area (Å²) in [6, 6.07) is 13.1. The smallest absolute Gasteiger partial charge is 0.123 e. The van der Waals surface area contributed by atoms with Crippen LogP contribution in [-0.2, 0) is 19.6 Å². The van der Waals surface area contributed by atoms with Crippen molar-refractivity contribution in [2.24, 2.45) is 0 Å². The number of likely N-dealkylation sites (tertiary alicyclic amines) is 1. The summed E-state index contributed by atoms with van der Waals surface area (Å²) in [6.45, 7) is 3.90. The average molecular weight is 321 g/mol. The van der Waals surface area contributed by atoms with E-state index in [1.54, 1.807) is 0 Å². The molecule has 3 aromatic rings. The lowest BCUT2D eigenvalue weighted by Crippen LogP contribution is -2.33. The lowest BCUT2D eigenvalue weighted by Gasteiger charge is -2.24. The summed E-state index contributed by atoms with van der Waals surface area (Å²) in [5, 5.41) is 4.35. The van der Waals surface area contributed by atoms with E-state index in [9.17, 15) is 0 Å². The number of hydrogen-bond acceptors (Lipinski definition) is 3. The van der Waals surface area contributed by atoms with Crippen LogP contribution < -0.4 is 0 Å². The van der Waals surface area contributed by atoms with Gasteiger partial charge in [-0.05, 0) is 31.0 Å². The lowest BCUT2D eigenvalue weighted by molar-refractivity contribution is 0.212. The van der Waals surface area contributed by atoms with Gasteiger partial charge in [-0.1, -0.05) is 30.3 Å².